The molecule has 0 spiro atoms. The van der Waals surface area contributed by atoms with Crippen molar-refractivity contribution < 1.29 is 32.7 Å². The lowest BCUT2D eigenvalue weighted by molar-refractivity contribution is -0.132. The highest BCUT2D eigenvalue weighted by Gasteiger charge is 2.50. The van der Waals surface area contributed by atoms with Gasteiger partial charge in [-0.3, -0.25) is 19.7 Å². The first-order chi connectivity index (χ1) is 15.2. The van der Waals surface area contributed by atoms with Gasteiger partial charge in [-0.15, -0.1) is 6.58 Å². The number of nitrogens with one attached hydrogen (secondary N) is 1. The number of benzene rings is 1. The highest BCUT2D eigenvalue weighted by Crippen LogP contribution is 2.31. The number of ether oxygens (including phenoxy) is 1. The average Bonchev–Trinajstić information content (AvgIpc) is 3.33. The Balaban J connectivity index is 1.87. The molecule has 3 rings (SSSR count). The second kappa shape index (κ2) is 9.67. The predicted molar refractivity (Wildman–Crippen MR) is 112 cm³/mol. The van der Waals surface area contributed by atoms with Crippen molar-refractivity contribution in [3.05, 3.63) is 36.9 Å². The van der Waals surface area contributed by atoms with E-state index in [0.717, 1.165) is 15.6 Å². The number of nitrogens with zero attached hydrogens (tertiary/aromatic N) is 3. The summed E-state index contributed by atoms with van der Waals surface area (Å²) in [7, 11) is -4.17. The van der Waals surface area contributed by atoms with Crippen LogP contribution in [0.1, 0.15) is 19.8 Å². The zero-order valence-electron chi connectivity index (χ0n) is 17.6. The molecular weight excluding hydrogens is 440 g/mol. The molecular formula is C20H26N4O7S. The fourth-order valence-corrected chi connectivity index (χ4v) is 5.47. The lowest BCUT2D eigenvalue weighted by atomic mass is 10.1. The molecule has 2 aliphatic rings. The second-order valence-electron chi connectivity index (χ2n) is 7.49. The van der Waals surface area contributed by atoms with Crippen molar-refractivity contribution in [1.82, 2.24) is 19.6 Å². The molecule has 0 radical (unpaired) electrons. The van der Waals surface area contributed by atoms with Gasteiger partial charge in [-0.2, -0.15) is 4.31 Å². The molecule has 2 heterocycles. The minimum Gasteiger partial charge on any atom is -0.494 e. The van der Waals surface area contributed by atoms with Gasteiger partial charge in [0.2, 0.25) is 10.0 Å². The molecule has 0 bridgehead atoms. The highest BCUT2D eigenvalue weighted by atomic mass is 32.2. The van der Waals surface area contributed by atoms with Gasteiger partial charge in [0.25, 0.3) is 11.8 Å². The molecule has 2 saturated heterocycles. The van der Waals surface area contributed by atoms with E-state index in [1.54, 1.807) is 0 Å². The topological polar surface area (TPSA) is 137 Å². The van der Waals surface area contributed by atoms with Crippen LogP contribution in [-0.2, 0) is 19.6 Å². The summed E-state index contributed by atoms with van der Waals surface area (Å²) in [6.07, 6.45) is 2.14. The van der Waals surface area contributed by atoms with Gasteiger partial charge in [-0.1, -0.05) is 13.0 Å². The number of carbonyl (C=O) groups is 3. The van der Waals surface area contributed by atoms with Gasteiger partial charge in [0.1, 0.15) is 18.3 Å². The fraction of sp³-hybridized carbons (Fsp3) is 0.450. The number of imide groups is 1. The number of hydrogen-bond acceptors (Lipinski definition) is 7. The van der Waals surface area contributed by atoms with E-state index in [0.29, 0.717) is 12.4 Å². The number of amides is 4. The van der Waals surface area contributed by atoms with Crippen molar-refractivity contribution in [2.45, 2.75) is 36.7 Å². The quantitative estimate of drug-likeness (QED) is 0.235. The first-order valence-corrected chi connectivity index (χ1v) is 11.6. The Labute approximate surface area is 186 Å². The zero-order chi connectivity index (χ0) is 23.5. The minimum absolute atomic E-state index is 0.0786. The van der Waals surface area contributed by atoms with Crippen LogP contribution in [-0.4, -0.2) is 83.9 Å². The summed E-state index contributed by atoms with van der Waals surface area (Å²) in [6, 6.07) is 3.03. The van der Waals surface area contributed by atoms with E-state index in [4.69, 9.17) is 9.94 Å². The molecule has 1 aromatic rings. The molecule has 0 aliphatic carbocycles. The van der Waals surface area contributed by atoms with Gasteiger partial charge in [0.15, 0.2) is 0 Å². The van der Waals surface area contributed by atoms with Crippen LogP contribution in [0.3, 0.4) is 0 Å². The summed E-state index contributed by atoms with van der Waals surface area (Å²) in [6.45, 7) is 5.73. The van der Waals surface area contributed by atoms with E-state index in [1.807, 2.05) is 6.92 Å². The van der Waals surface area contributed by atoms with Crippen LogP contribution in [0.15, 0.2) is 41.8 Å². The maximum absolute atomic E-state index is 13.3. The summed E-state index contributed by atoms with van der Waals surface area (Å²) in [5.41, 5.74) is 1.48. The summed E-state index contributed by atoms with van der Waals surface area (Å²) in [5.74, 6) is -0.923. The SMILES string of the molecule is C=CCN1CC(=O)N(C2C[C@H](C(=O)NO)N(S(=O)(=O)c3ccc(OCCC)cc3)C2)C1=O. The van der Waals surface area contributed by atoms with Crippen LogP contribution in [0.5, 0.6) is 5.75 Å². The third kappa shape index (κ3) is 4.47. The lowest BCUT2D eigenvalue weighted by Gasteiger charge is -2.23. The molecule has 0 aromatic heterocycles. The van der Waals surface area contributed by atoms with Crippen LogP contribution in [0, 0.1) is 0 Å². The van der Waals surface area contributed by atoms with Crippen LogP contribution in [0.2, 0.25) is 0 Å². The molecule has 1 aromatic carbocycles. The van der Waals surface area contributed by atoms with Crippen molar-refractivity contribution in [2.75, 3.05) is 26.2 Å². The first kappa shape index (κ1) is 23.7. The normalized spacial score (nSPS) is 21.8. The van der Waals surface area contributed by atoms with Crippen LogP contribution in [0.25, 0.3) is 0 Å². The Hall–Kier alpha value is -2.96. The Morgan fingerprint density at radius 2 is 2.00 bits per heavy atom. The molecule has 2 N–H and O–H groups in total. The van der Waals surface area contributed by atoms with Crippen LogP contribution < -0.4 is 10.2 Å². The predicted octanol–water partition coefficient (Wildman–Crippen LogP) is 0.563. The van der Waals surface area contributed by atoms with E-state index in [2.05, 4.69) is 6.58 Å². The van der Waals surface area contributed by atoms with E-state index in [-0.39, 0.29) is 31.0 Å². The maximum Gasteiger partial charge on any atom is 0.327 e. The molecule has 0 saturated carbocycles. The highest BCUT2D eigenvalue weighted by molar-refractivity contribution is 7.89. The number of hydrogen-bond donors (Lipinski definition) is 2. The minimum atomic E-state index is -4.17. The van der Waals surface area contributed by atoms with E-state index < -0.39 is 40.0 Å². The molecule has 1 unspecified atom stereocenters. The standard InChI is InChI=1S/C20H26N4O7S/c1-3-9-22-13-18(25)24(20(22)27)14-11-17(19(26)21-28)23(12-14)32(29,30)16-7-5-15(6-8-16)31-10-4-2/h3,5-8,14,17,28H,1,4,9-13H2,2H3,(H,21,26)/t14?,17-/m1/s1. The number of urea groups is 1. The van der Waals surface area contributed by atoms with E-state index in [9.17, 15) is 22.8 Å². The van der Waals surface area contributed by atoms with Crippen LogP contribution in [0.4, 0.5) is 4.79 Å². The summed E-state index contributed by atoms with van der Waals surface area (Å²) in [4.78, 5) is 39.5. The zero-order valence-corrected chi connectivity index (χ0v) is 18.5. The first-order valence-electron chi connectivity index (χ1n) is 10.1. The van der Waals surface area contributed by atoms with Crippen molar-refractivity contribution >= 4 is 27.9 Å². The van der Waals surface area contributed by atoms with Crippen molar-refractivity contribution in [1.29, 1.82) is 0 Å². The Morgan fingerprint density at radius 1 is 1.31 bits per heavy atom. The van der Waals surface area contributed by atoms with Crippen molar-refractivity contribution in [2.24, 2.45) is 0 Å². The average molecular weight is 467 g/mol. The number of carbonyl (C=O) groups excluding carboxylic acids is 3. The van der Waals surface area contributed by atoms with E-state index in [1.165, 1.54) is 40.7 Å². The van der Waals surface area contributed by atoms with Crippen molar-refractivity contribution in [3.8, 4) is 5.75 Å². The van der Waals surface area contributed by atoms with Gasteiger partial charge >= 0.3 is 6.03 Å². The van der Waals surface area contributed by atoms with E-state index >= 15 is 0 Å². The Kier molecular flexibility index (Phi) is 7.16. The summed E-state index contributed by atoms with van der Waals surface area (Å²) >= 11 is 0. The number of hydroxylamine groups is 1. The number of sulfonamides is 1. The third-order valence-corrected chi connectivity index (χ3v) is 7.22. The van der Waals surface area contributed by atoms with Gasteiger partial charge in [-0.25, -0.2) is 18.7 Å². The third-order valence-electron chi connectivity index (χ3n) is 5.34. The van der Waals surface area contributed by atoms with Gasteiger partial charge < -0.3 is 9.64 Å². The molecule has 2 atom stereocenters. The molecule has 32 heavy (non-hydrogen) atoms. The summed E-state index contributed by atoms with van der Waals surface area (Å²) in [5, 5.41) is 9.13. The molecule has 2 fully saturated rings. The van der Waals surface area contributed by atoms with Gasteiger partial charge in [0, 0.05) is 13.1 Å². The maximum atomic E-state index is 13.3. The largest absolute Gasteiger partial charge is 0.494 e. The number of rotatable bonds is 9. The second-order valence-corrected chi connectivity index (χ2v) is 9.38. The molecule has 174 valence electrons. The Morgan fingerprint density at radius 3 is 2.59 bits per heavy atom. The molecule has 11 nitrogen and oxygen atoms in total. The van der Waals surface area contributed by atoms with Crippen molar-refractivity contribution in [3.63, 3.8) is 0 Å². The summed E-state index contributed by atoms with van der Waals surface area (Å²) < 4.78 is 33.0. The van der Waals surface area contributed by atoms with Gasteiger partial charge in [0.05, 0.1) is 17.5 Å². The van der Waals surface area contributed by atoms with Gasteiger partial charge in [-0.05, 0) is 37.1 Å². The Bertz CT molecular complexity index is 996. The smallest absolute Gasteiger partial charge is 0.327 e. The van der Waals surface area contributed by atoms with Crippen LogP contribution >= 0.6 is 0 Å². The molecule has 12 heteroatoms. The molecule has 2 aliphatic heterocycles. The molecule has 4 amide bonds. The lowest BCUT2D eigenvalue weighted by Crippen LogP contribution is -2.45. The fourth-order valence-electron chi connectivity index (χ4n) is 3.84. The monoisotopic (exact) mass is 466 g/mol.